The lowest BCUT2D eigenvalue weighted by molar-refractivity contribution is 0.0606. The standard InChI is InChI=1S/C21H20N4O/c1-12-8-9-13(10-23-12)15-6-3-7-16-19(22)18-17(24-20(15)16)11-25(21(18)26)14-4-2-5-14/h3,6-10,14H,2,4-5,11H2,1H3,(H2,22,24). The highest BCUT2D eigenvalue weighted by atomic mass is 16.2. The maximum atomic E-state index is 12.9. The lowest BCUT2D eigenvalue weighted by Gasteiger charge is -2.34. The van der Waals surface area contributed by atoms with E-state index in [4.69, 9.17) is 10.7 Å². The molecule has 1 fully saturated rings. The molecule has 1 aliphatic heterocycles. The Bertz CT molecular complexity index is 1040. The van der Waals surface area contributed by atoms with Gasteiger partial charge in [-0.1, -0.05) is 24.3 Å². The molecule has 3 aromatic rings. The van der Waals surface area contributed by atoms with Crippen LogP contribution in [0.25, 0.3) is 22.0 Å². The summed E-state index contributed by atoms with van der Waals surface area (Å²) in [6.45, 7) is 2.54. The molecular weight excluding hydrogens is 324 g/mol. The number of anilines is 1. The predicted octanol–water partition coefficient (Wildman–Crippen LogP) is 3.70. The molecule has 0 unspecified atom stereocenters. The Balaban J connectivity index is 1.69. The zero-order valence-corrected chi connectivity index (χ0v) is 14.7. The molecule has 1 aromatic carbocycles. The number of nitrogen functional groups attached to an aromatic ring is 1. The molecule has 0 radical (unpaired) electrons. The van der Waals surface area contributed by atoms with Gasteiger partial charge in [-0.3, -0.25) is 9.78 Å². The molecule has 1 aliphatic carbocycles. The van der Waals surface area contributed by atoms with E-state index in [0.29, 0.717) is 23.8 Å². The fraction of sp³-hybridized carbons (Fsp3) is 0.286. The summed E-state index contributed by atoms with van der Waals surface area (Å²) >= 11 is 0. The molecule has 3 heterocycles. The van der Waals surface area contributed by atoms with Gasteiger partial charge in [-0.25, -0.2) is 4.98 Å². The number of fused-ring (bicyclic) bond motifs is 2. The third kappa shape index (κ3) is 2.13. The second-order valence-electron chi connectivity index (χ2n) is 7.25. The number of carbonyl (C=O) groups is 1. The van der Waals surface area contributed by atoms with Gasteiger partial charge in [0.25, 0.3) is 5.91 Å². The Labute approximate surface area is 151 Å². The number of amides is 1. The summed E-state index contributed by atoms with van der Waals surface area (Å²) in [6, 6.07) is 10.3. The van der Waals surface area contributed by atoms with Gasteiger partial charge < -0.3 is 10.6 Å². The third-order valence-electron chi connectivity index (χ3n) is 5.66. The highest BCUT2D eigenvalue weighted by molar-refractivity contribution is 6.11. The van der Waals surface area contributed by atoms with Crippen LogP contribution in [-0.4, -0.2) is 26.8 Å². The zero-order valence-electron chi connectivity index (χ0n) is 14.7. The van der Waals surface area contributed by atoms with E-state index in [1.54, 1.807) is 0 Å². The number of pyridine rings is 2. The number of benzene rings is 1. The van der Waals surface area contributed by atoms with Crippen molar-refractivity contribution in [1.82, 2.24) is 14.9 Å². The Morgan fingerprint density at radius 2 is 2.04 bits per heavy atom. The lowest BCUT2D eigenvalue weighted by atomic mass is 9.92. The Kier molecular flexibility index (Phi) is 3.26. The van der Waals surface area contributed by atoms with Gasteiger partial charge in [-0.2, -0.15) is 0 Å². The van der Waals surface area contributed by atoms with Gasteiger partial charge in [0, 0.05) is 34.4 Å². The molecule has 1 amide bonds. The van der Waals surface area contributed by atoms with Crippen molar-refractivity contribution in [2.24, 2.45) is 0 Å². The van der Waals surface area contributed by atoms with Crippen LogP contribution in [0.5, 0.6) is 0 Å². The van der Waals surface area contributed by atoms with Crippen LogP contribution in [0, 0.1) is 6.92 Å². The van der Waals surface area contributed by atoms with Crippen LogP contribution in [-0.2, 0) is 6.54 Å². The van der Waals surface area contributed by atoms with Gasteiger partial charge in [0.15, 0.2) is 0 Å². The van der Waals surface area contributed by atoms with E-state index in [1.807, 2.05) is 48.4 Å². The molecule has 26 heavy (non-hydrogen) atoms. The van der Waals surface area contributed by atoms with E-state index in [-0.39, 0.29) is 5.91 Å². The number of carbonyl (C=O) groups excluding carboxylic acids is 1. The molecule has 0 atom stereocenters. The molecule has 1 saturated carbocycles. The van der Waals surface area contributed by atoms with Crippen molar-refractivity contribution in [2.75, 3.05) is 5.73 Å². The molecular formula is C21H20N4O. The average Bonchev–Trinajstić information content (AvgIpc) is 2.91. The molecule has 130 valence electrons. The molecule has 5 nitrogen and oxygen atoms in total. The minimum atomic E-state index is 0.0407. The summed E-state index contributed by atoms with van der Waals surface area (Å²) in [6.07, 6.45) is 5.22. The maximum Gasteiger partial charge on any atom is 0.258 e. The van der Waals surface area contributed by atoms with E-state index < -0.39 is 0 Å². The third-order valence-corrected chi connectivity index (χ3v) is 5.66. The quantitative estimate of drug-likeness (QED) is 0.769. The van der Waals surface area contributed by atoms with Gasteiger partial charge in [-0.05, 0) is 32.3 Å². The largest absolute Gasteiger partial charge is 0.397 e. The van der Waals surface area contributed by atoms with Crippen LogP contribution < -0.4 is 5.73 Å². The molecule has 2 aliphatic rings. The van der Waals surface area contributed by atoms with Crippen molar-refractivity contribution < 1.29 is 4.79 Å². The first kappa shape index (κ1) is 15.3. The molecule has 5 rings (SSSR count). The van der Waals surface area contributed by atoms with Crippen molar-refractivity contribution in [3.63, 3.8) is 0 Å². The molecule has 2 N–H and O–H groups in total. The first-order valence-corrected chi connectivity index (χ1v) is 9.08. The Morgan fingerprint density at radius 1 is 1.19 bits per heavy atom. The Morgan fingerprint density at radius 3 is 2.73 bits per heavy atom. The van der Waals surface area contributed by atoms with E-state index >= 15 is 0 Å². The number of aromatic nitrogens is 2. The van der Waals surface area contributed by atoms with E-state index in [1.165, 1.54) is 6.42 Å². The number of rotatable bonds is 2. The number of hydrogen-bond donors (Lipinski definition) is 1. The molecule has 0 bridgehead atoms. The molecule has 5 heteroatoms. The average molecular weight is 344 g/mol. The van der Waals surface area contributed by atoms with Crippen LogP contribution in [0.4, 0.5) is 5.69 Å². The van der Waals surface area contributed by atoms with Crippen LogP contribution in [0.15, 0.2) is 36.5 Å². The number of nitrogens with two attached hydrogens (primary N) is 1. The molecule has 2 aromatic heterocycles. The van der Waals surface area contributed by atoms with Crippen molar-refractivity contribution in [3.05, 3.63) is 53.5 Å². The van der Waals surface area contributed by atoms with Crippen LogP contribution in [0.2, 0.25) is 0 Å². The summed E-state index contributed by atoms with van der Waals surface area (Å²) in [5.41, 5.74) is 12.2. The van der Waals surface area contributed by atoms with Crippen LogP contribution in [0.3, 0.4) is 0 Å². The van der Waals surface area contributed by atoms with Crippen LogP contribution in [0.1, 0.15) is 41.0 Å². The number of hydrogen-bond acceptors (Lipinski definition) is 4. The number of nitrogens with zero attached hydrogens (tertiary/aromatic N) is 3. The number of para-hydroxylation sites is 1. The van der Waals surface area contributed by atoms with Crippen molar-refractivity contribution in [1.29, 1.82) is 0 Å². The van der Waals surface area contributed by atoms with Crippen molar-refractivity contribution >= 4 is 22.5 Å². The zero-order chi connectivity index (χ0) is 17.8. The minimum absolute atomic E-state index is 0.0407. The lowest BCUT2D eigenvalue weighted by Crippen LogP contribution is -2.40. The van der Waals surface area contributed by atoms with Gasteiger partial charge >= 0.3 is 0 Å². The minimum Gasteiger partial charge on any atom is -0.397 e. The van der Waals surface area contributed by atoms with Gasteiger partial charge in [0.1, 0.15) is 0 Å². The van der Waals surface area contributed by atoms with E-state index in [9.17, 15) is 4.79 Å². The summed E-state index contributed by atoms with van der Waals surface area (Å²) in [4.78, 5) is 24.1. The topological polar surface area (TPSA) is 72.1 Å². The molecule has 0 saturated heterocycles. The number of aryl methyl sites for hydroxylation is 1. The SMILES string of the molecule is Cc1ccc(-c2cccc3c(N)c4c(nc23)CN(C2CCC2)C4=O)cn1. The first-order valence-electron chi connectivity index (χ1n) is 9.08. The molecule has 0 spiro atoms. The smallest absolute Gasteiger partial charge is 0.258 e. The summed E-state index contributed by atoms with van der Waals surface area (Å²) in [7, 11) is 0. The van der Waals surface area contributed by atoms with E-state index in [0.717, 1.165) is 46.3 Å². The fourth-order valence-corrected chi connectivity index (χ4v) is 3.95. The van der Waals surface area contributed by atoms with Gasteiger partial charge in [0.05, 0.1) is 29.0 Å². The Hall–Kier alpha value is -2.95. The summed E-state index contributed by atoms with van der Waals surface area (Å²) < 4.78 is 0. The fourth-order valence-electron chi connectivity index (χ4n) is 3.95. The maximum absolute atomic E-state index is 12.9. The van der Waals surface area contributed by atoms with Crippen LogP contribution >= 0.6 is 0 Å². The van der Waals surface area contributed by atoms with Crippen molar-refractivity contribution in [3.8, 4) is 11.1 Å². The second kappa shape index (κ2) is 5.53. The first-order chi connectivity index (χ1) is 12.6. The second-order valence-corrected chi connectivity index (χ2v) is 7.25. The van der Waals surface area contributed by atoms with Gasteiger partial charge in [-0.15, -0.1) is 0 Å². The highest BCUT2D eigenvalue weighted by Crippen LogP contribution is 2.39. The van der Waals surface area contributed by atoms with E-state index in [2.05, 4.69) is 4.98 Å². The predicted molar refractivity (Wildman–Crippen MR) is 102 cm³/mol. The monoisotopic (exact) mass is 344 g/mol. The highest BCUT2D eigenvalue weighted by Gasteiger charge is 2.38. The normalized spacial score (nSPS) is 16.8. The van der Waals surface area contributed by atoms with Gasteiger partial charge in [0.2, 0.25) is 0 Å². The summed E-state index contributed by atoms with van der Waals surface area (Å²) in [5, 5.41) is 0.839. The summed E-state index contributed by atoms with van der Waals surface area (Å²) in [5.74, 6) is 0.0407. The van der Waals surface area contributed by atoms with Crippen molar-refractivity contribution in [2.45, 2.75) is 38.8 Å².